The van der Waals surface area contributed by atoms with Crippen LogP contribution in [0.15, 0.2) is 66.7 Å². The van der Waals surface area contributed by atoms with Crippen molar-refractivity contribution in [2.75, 3.05) is 11.9 Å². The first kappa shape index (κ1) is 21.1. The molecule has 0 aliphatic heterocycles. The minimum atomic E-state index is -0.179. The zero-order valence-corrected chi connectivity index (χ0v) is 18.8. The fraction of sp³-hybridized carbons (Fsp3) is 0.231. The number of fused-ring (bicyclic) bond motifs is 1. The highest BCUT2D eigenvalue weighted by Gasteiger charge is 2.10. The smallest absolute Gasteiger partial charge is 0.262 e. The van der Waals surface area contributed by atoms with Gasteiger partial charge in [0.15, 0.2) is 6.61 Å². The molecule has 4 rings (SSSR count). The molecule has 158 valence electrons. The van der Waals surface area contributed by atoms with Gasteiger partial charge in [0.05, 0.1) is 10.2 Å². The van der Waals surface area contributed by atoms with Gasteiger partial charge < -0.3 is 10.1 Å². The molecule has 4 nitrogen and oxygen atoms in total. The molecule has 0 bridgehead atoms. The fourth-order valence-corrected chi connectivity index (χ4v) is 4.36. The number of anilines is 1. The highest BCUT2D eigenvalue weighted by molar-refractivity contribution is 7.21. The lowest BCUT2D eigenvalue weighted by Crippen LogP contribution is -2.20. The molecule has 1 aromatic heterocycles. The van der Waals surface area contributed by atoms with Gasteiger partial charge in [0.25, 0.3) is 5.91 Å². The highest BCUT2D eigenvalue weighted by atomic mass is 32.1. The third kappa shape index (κ3) is 4.94. The van der Waals surface area contributed by atoms with Gasteiger partial charge in [-0.05, 0) is 72.9 Å². The Morgan fingerprint density at radius 2 is 1.87 bits per heavy atom. The molecule has 0 saturated heterocycles. The average molecular weight is 431 g/mol. The predicted molar refractivity (Wildman–Crippen MR) is 129 cm³/mol. The minimum Gasteiger partial charge on any atom is -0.484 e. The van der Waals surface area contributed by atoms with E-state index in [-0.39, 0.29) is 12.5 Å². The van der Waals surface area contributed by atoms with E-state index in [1.807, 2.05) is 49.4 Å². The molecule has 5 heteroatoms. The Hall–Kier alpha value is -3.18. The standard InChI is InChI=1S/C26H26N2O2S/c1-4-17(2)19-9-12-21(13-10-19)30-16-25(29)27-22-14-11-20(15-18(22)3)26-28-23-7-5-6-8-24(23)31-26/h5-15,17H,4,16H2,1-3H3,(H,27,29)/t17-/m1/s1. The normalized spacial score (nSPS) is 12.0. The number of carbonyl (C=O) groups excluding carboxylic acids is 1. The van der Waals surface area contributed by atoms with Crippen LogP contribution in [0.5, 0.6) is 5.75 Å². The second kappa shape index (κ2) is 9.31. The predicted octanol–water partition coefficient (Wildman–Crippen LogP) is 6.80. The Labute approximate surface area is 186 Å². The number of amides is 1. The second-order valence-corrected chi connectivity index (χ2v) is 8.76. The maximum atomic E-state index is 12.4. The van der Waals surface area contributed by atoms with Crippen LogP contribution in [0, 0.1) is 6.92 Å². The van der Waals surface area contributed by atoms with Gasteiger partial charge in [-0.25, -0.2) is 4.98 Å². The Balaban J connectivity index is 1.38. The lowest BCUT2D eigenvalue weighted by molar-refractivity contribution is -0.118. The van der Waals surface area contributed by atoms with E-state index in [1.165, 1.54) is 10.3 Å². The van der Waals surface area contributed by atoms with Crippen LogP contribution in [0.4, 0.5) is 5.69 Å². The van der Waals surface area contributed by atoms with Gasteiger partial charge in [0.2, 0.25) is 0 Å². The van der Waals surface area contributed by atoms with E-state index in [0.29, 0.717) is 11.7 Å². The van der Waals surface area contributed by atoms with Crippen LogP contribution in [-0.4, -0.2) is 17.5 Å². The number of hydrogen-bond acceptors (Lipinski definition) is 4. The van der Waals surface area contributed by atoms with Crippen LogP contribution in [0.1, 0.15) is 37.3 Å². The largest absolute Gasteiger partial charge is 0.484 e. The van der Waals surface area contributed by atoms with Crippen molar-refractivity contribution >= 4 is 33.1 Å². The summed E-state index contributed by atoms with van der Waals surface area (Å²) >= 11 is 1.67. The van der Waals surface area contributed by atoms with Gasteiger partial charge in [-0.2, -0.15) is 0 Å². The van der Waals surface area contributed by atoms with E-state index in [9.17, 15) is 4.79 Å². The lowest BCUT2D eigenvalue weighted by Gasteiger charge is -2.12. The summed E-state index contributed by atoms with van der Waals surface area (Å²) in [6.07, 6.45) is 1.10. The van der Waals surface area contributed by atoms with Crippen molar-refractivity contribution < 1.29 is 9.53 Å². The van der Waals surface area contributed by atoms with Crippen LogP contribution in [0.25, 0.3) is 20.8 Å². The Morgan fingerprint density at radius 3 is 2.58 bits per heavy atom. The molecule has 0 unspecified atom stereocenters. The number of nitrogens with zero attached hydrogens (tertiary/aromatic N) is 1. The zero-order chi connectivity index (χ0) is 21.8. The van der Waals surface area contributed by atoms with Crippen molar-refractivity contribution in [3.05, 3.63) is 77.9 Å². The monoisotopic (exact) mass is 430 g/mol. The molecule has 0 radical (unpaired) electrons. The molecular formula is C26H26N2O2S. The molecule has 31 heavy (non-hydrogen) atoms. The third-order valence-corrected chi connectivity index (χ3v) is 6.56. The quantitative estimate of drug-likeness (QED) is 0.351. The topological polar surface area (TPSA) is 51.2 Å². The van der Waals surface area contributed by atoms with Gasteiger partial charge in [-0.1, -0.05) is 38.1 Å². The van der Waals surface area contributed by atoms with E-state index < -0.39 is 0 Å². The van der Waals surface area contributed by atoms with Crippen molar-refractivity contribution in [3.8, 4) is 16.3 Å². The molecule has 0 fully saturated rings. The van der Waals surface area contributed by atoms with Gasteiger partial charge in [0.1, 0.15) is 10.8 Å². The van der Waals surface area contributed by atoms with Crippen molar-refractivity contribution in [2.45, 2.75) is 33.1 Å². The molecule has 0 aliphatic rings. The van der Waals surface area contributed by atoms with Crippen molar-refractivity contribution in [3.63, 3.8) is 0 Å². The summed E-state index contributed by atoms with van der Waals surface area (Å²) in [6.45, 7) is 6.34. The summed E-state index contributed by atoms with van der Waals surface area (Å²) in [5.41, 5.74) is 5.11. The van der Waals surface area contributed by atoms with Crippen LogP contribution < -0.4 is 10.1 Å². The van der Waals surface area contributed by atoms with E-state index >= 15 is 0 Å². The number of hydrogen-bond donors (Lipinski definition) is 1. The third-order valence-electron chi connectivity index (χ3n) is 5.47. The number of aryl methyl sites for hydroxylation is 1. The molecule has 4 aromatic rings. The Kier molecular flexibility index (Phi) is 6.33. The second-order valence-electron chi connectivity index (χ2n) is 7.73. The molecule has 1 amide bonds. The van der Waals surface area contributed by atoms with Crippen molar-refractivity contribution in [1.29, 1.82) is 0 Å². The lowest BCUT2D eigenvalue weighted by atomic mass is 9.99. The molecular weight excluding hydrogens is 404 g/mol. The van der Waals surface area contributed by atoms with Gasteiger partial charge in [-0.3, -0.25) is 4.79 Å². The minimum absolute atomic E-state index is 0.0261. The summed E-state index contributed by atoms with van der Waals surface area (Å²) in [5.74, 6) is 1.04. The number of ether oxygens (including phenoxy) is 1. The van der Waals surface area contributed by atoms with Crippen LogP contribution >= 0.6 is 11.3 Å². The Bertz CT molecular complexity index is 1160. The summed E-state index contributed by atoms with van der Waals surface area (Å²) in [7, 11) is 0. The SMILES string of the molecule is CC[C@@H](C)c1ccc(OCC(=O)Nc2ccc(-c3nc4ccccc4s3)cc2C)cc1. The van der Waals surface area contributed by atoms with Crippen LogP contribution in [-0.2, 0) is 4.79 Å². The number of thiazole rings is 1. The zero-order valence-electron chi connectivity index (χ0n) is 18.0. The number of benzene rings is 3. The van der Waals surface area contributed by atoms with Crippen molar-refractivity contribution in [1.82, 2.24) is 4.98 Å². The molecule has 1 N–H and O–H groups in total. The van der Waals surface area contributed by atoms with Gasteiger partial charge in [0, 0.05) is 11.3 Å². The number of carbonyl (C=O) groups is 1. The first-order chi connectivity index (χ1) is 15.0. The maximum Gasteiger partial charge on any atom is 0.262 e. The maximum absolute atomic E-state index is 12.4. The van der Waals surface area contributed by atoms with Gasteiger partial charge in [-0.15, -0.1) is 11.3 Å². The number of rotatable bonds is 7. The summed E-state index contributed by atoms with van der Waals surface area (Å²) in [4.78, 5) is 17.1. The molecule has 0 aliphatic carbocycles. The van der Waals surface area contributed by atoms with Crippen LogP contribution in [0.3, 0.4) is 0 Å². The average Bonchev–Trinajstić information content (AvgIpc) is 3.23. The summed E-state index contributed by atoms with van der Waals surface area (Å²) in [5, 5.41) is 3.92. The van der Waals surface area contributed by atoms with Crippen molar-refractivity contribution in [2.24, 2.45) is 0 Å². The van der Waals surface area contributed by atoms with E-state index in [4.69, 9.17) is 9.72 Å². The fourth-order valence-electron chi connectivity index (χ4n) is 3.40. The first-order valence-corrected chi connectivity index (χ1v) is 11.3. The molecule has 0 saturated carbocycles. The summed E-state index contributed by atoms with van der Waals surface area (Å²) in [6, 6.07) is 22.1. The van der Waals surface area contributed by atoms with Crippen LogP contribution in [0.2, 0.25) is 0 Å². The highest BCUT2D eigenvalue weighted by Crippen LogP contribution is 2.32. The molecule has 3 aromatic carbocycles. The van der Waals surface area contributed by atoms with E-state index in [1.54, 1.807) is 11.3 Å². The number of para-hydroxylation sites is 1. The molecule has 0 spiro atoms. The Morgan fingerprint density at radius 1 is 1.10 bits per heavy atom. The molecule has 1 atom stereocenters. The van der Waals surface area contributed by atoms with Gasteiger partial charge >= 0.3 is 0 Å². The number of aromatic nitrogens is 1. The van der Waals surface area contributed by atoms with E-state index in [0.717, 1.165) is 33.8 Å². The summed E-state index contributed by atoms with van der Waals surface area (Å²) < 4.78 is 6.82. The molecule has 1 heterocycles. The first-order valence-electron chi connectivity index (χ1n) is 10.5. The number of nitrogens with one attached hydrogen (secondary N) is 1. The van der Waals surface area contributed by atoms with E-state index in [2.05, 4.69) is 43.4 Å².